The second-order valence-corrected chi connectivity index (χ2v) is 6.82. The van der Waals surface area contributed by atoms with Gasteiger partial charge in [-0.05, 0) is 29.8 Å². The number of nitrogens with zero attached hydrogens (tertiary/aromatic N) is 5. The zero-order valence-electron chi connectivity index (χ0n) is 16.0. The Bertz CT molecular complexity index is 1060. The first-order valence-electron chi connectivity index (χ1n) is 9.32. The van der Waals surface area contributed by atoms with Gasteiger partial charge in [-0.3, -0.25) is 4.79 Å². The van der Waals surface area contributed by atoms with Gasteiger partial charge in [-0.2, -0.15) is 10.2 Å². The first kappa shape index (κ1) is 18.4. The minimum absolute atomic E-state index is 0.0392. The summed E-state index contributed by atoms with van der Waals surface area (Å²) in [5.41, 5.74) is 2.22. The van der Waals surface area contributed by atoms with E-state index in [2.05, 4.69) is 21.4 Å². The summed E-state index contributed by atoms with van der Waals surface area (Å²) in [6, 6.07) is 20.4. The SMILES string of the molecule is CN1CCN(c2ccnc(Nc3cccc(C#N)c3)n2)C(c2ccccc2)C1=O. The summed E-state index contributed by atoms with van der Waals surface area (Å²) in [6.07, 6.45) is 1.67. The van der Waals surface area contributed by atoms with Gasteiger partial charge in [0.1, 0.15) is 11.9 Å². The van der Waals surface area contributed by atoms with Crippen molar-refractivity contribution in [1.82, 2.24) is 14.9 Å². The molecule has 2 aromatic carbocycles. The Morgan fingerprint density at radius 1 is 1.10 bits per heavy atom. The van der Waals surface area contributed by atoms with Gasteiger partial charge in [0.2, 0.25) is 11.9 Å². The van der Waals surface area contributed by atoms with E-state index in [1.54, 1.807) is 29.3 Å². The lowest BCUT2D eigenvalue weighted by Gasteiger charge is -2.40. The average Bonchev–Trinajstić information content (AvgIpc) is 2.76. The summed E-state index contributed by atoms with van der Waals surface area (Å²) in [5.74, 6) is 1.13. The topological polar surface area (TPSA) is 85.2 Å². The van der Waals surface area contributed by atoms with Crippen LogP contribution in [0.15, 0.2) is 66.9 Å². The molecule has 7 nitrogen and oxygen atoms in total. The number of nitriles is 1. The van der Waals surface area contributed by atoms with E-state index in [1.165, 1.54) is 0 Å². The average molecular weight is 384 g/mol. The molecule has 1 unspecified atom stereocenters. The third kappa shape index (κ3) is 3.87. The van der Waals surface area contributed by atoms with Gasteiger partial charge in [0.05, 0.1) is 11.6 Å². The summed E-state index contributed by atoms with van der Waals surface area (Å²) < 4.78 is 0. The summed E-state index contributed by atoms with van der Waals surface area (Å²) in [7, 11) is 1.82. The highest BCUT2D eigenvalue weighted by Gasteiger charge is 2.35. The fourth-order valence-electron chi connectivity index (χ4n) is 3.41. The van der Waals surface area contributed by atoms with Crippen molar-refractivity contribution in [2.24, 2.45) is 0 Å². The molecule has 0 saturated carbocycles. The second-order valence-electron chi connectivity index (χ2n) is 6.82. The minimum atomic E-state index is -0.431. The second kappa shape index (κ2) is 7.98. The van der Waals surface area contributed by atoms with Crippen molar-refractivity contribution in [2.45, 2.75) is 6.04 Å². The van der Waals surface area contributed by atoms with Crippen LogP contribution >= 0.6 is 0 Å². The lowest BCUT2D eigenvalue weighted by atomic mass is 10.0. The Balaban J connectivity index is 1.65. The van der Waals surface area contributed by atoms with Crippen molar-refractivity contribution in [3.63, 3.8) is 0 Å². The number of nitrogens with one attached hydrogen (secondary N) is 1. The third-order valence-electron chi connectivity index (χ3n) is 4.90. The Morgan fingerprint density at radius 2 is 1.93 bits per heavy atom. The van der Waals surface area contributed by atoms with Crippen molar-refractivity contribution in [3.8, 4) is 6.07 Å². The zero-order valence-corrected chi connectivity index (χ0v) is 16.0. The summed E-state index contributed by atoms with van der Waals surface area (Å²) in [5, 5.41) is 12.2. The van der Waals surface area contributed by atoms with Gasteiger partial charge in [-0.1, -0.05) is 36.4 Å². The monoisotopic (exact) mass is 384 g/mol. The maximum Gasteiger partial charge on any atom is 0.249 e. The van der Waals surface area contributed by atoms with E-state index in [1.807, 2.05) is 54.4 Å². The molecule has 4 rings (SSSR count). The van der Waals surface area contributed by atoms with Gasteiger partial charge in [0.15, 0.2) is 0 Å². The molecule has 3 aromatic rings. The number of carbonyl (C=O) groups excluding carboxylic acids is 1. The van der Waals surface area contributed by atoms with Gasteiger partial charge >= 0.3 is 0 Å². The minimum Gasteiger partial charge on any atom is -0.342 e. The van der Waals surface area contributed by atoms with E-state index >= 15 is 0 Å². The number of hydrogen-bond acceptors (Lipinski definition) is 6. The van der Waals surface area contributed by atoms with Crippen LogP contribution in [0, 0.1) is 11.3 Å². The molecule has 1 aliphatic heterocycles. The first-order chi connectivity index (χ1) is 14.2. The molecule has 1 amide bonds. The number of piperazine rings is 1. The van der Waals surface area contributed by atoms with Crippen molar-refractivity contribution < 1.29 is 4.79 Å². The Hall–Kier alpha value is -3.92. The molecule has 0 bridgehead atoms. The molecule has 29 heavy (non-hydrogen) atoms. The van der Waals surface area contributed by atoms with E-state index in [-0.39, 0.29) is 5.91 Å². The van der Waals surface area contributed by atoms with E-state index in [4.69, 9.17) is 5.26 Å². The molecule has 1 aromatic heterocycles. The number of anilines is 3. The normalized spacial score (nSPS) is 16.4. The summed E-state index contributed by atoms with van der Waals surface area (Å²) in [6.45, 7) is 1.29. The van der Waals surface area contributed by atoms with Crippen LogP contribution in [0.1, 0.15) is 17.2 Å². The number of carbonyl (C=O) groups is 1. The lowest BCUT2D eigenvalue weighted by molar-refractivity contribution is -0.133. The number of amides is 1. The van der Waals surface area contributed by atoms with Gasteiger partial charge in [0.25, 0.3) is 0 Å². The molecule has 1 aliphatic rings. The summed E-state index contributed by atoms with van der Waals surface area (Å²) >= 11 is 0. The zero-order chi connectivity index (χ0) is 20.2. The van der Waals surface area contributed by atoms with E-state index < -0.39 is 6.04 Å². The molecule has 1 fully saturated rings. The van der Waals surface area contributed by atoms with Crippen LogP contribution in [0.5, 0.6) is 0 Å². The molecule has 1 atom stereocenters. The van der Waals surface area contributed by atoms with Crippen LogP contribution in [0.3, 0.4) is 0 Å². The van der Waals surface area contributed by atoms with E-state index in [0.29, 0.717) is 30.4 Å². The molecule has 1 N–H and O–H groups in total. The lowest BCUT2D eigenvalue weighted by Crippen LogP contribution is -2.51. The van der Waals surface area contributed by atoms with E-state index in [0.717, 1.165) is 11.3 Å². The molecule has 0 radical (unpaired) electrons. The third-order valence-corrected chi connectivity index (χ3v) is 4.90. The molecule has 0 spiro atoms. The highest BCUT2D eigenvalue weighted by molar-refractivity contribution is 5.87. The van der Waals surface area contributed by atoms with Crippen LogP contribution in [0.2, 0.25) is 0 Å². The number of aromatic nitrogens is 2. The Morgan fingerprint density at radius 3 is 2.72 bits per heavy atom. The smallest absolute Gasteiger partial charge is 0.249 e. The van der Waals surface area contributed by atoms with Crippen LogP contribution in [0.4, 0.5) is 17.5 Å². The summed E-state index contributed by atoms with van der Waals surface area (Å²) in [4.78, 5) is 25.6. The molecule has 1 saturated heterocycles. The van der Waals surface area contributed by atoms with Gasteiger partial charge in [0, 0.05) is 32.0 Å². The Kier molecular flexibility index (Phi) is 5.08. The number of likely N-dealkylation sites (N-methyl/N-ethyl adjacent to an activating group) is 1. The van der Waals surface area contributed by atoms with E-state index in [9.17, 15) is 4.79 Å². The van der Waals surface area contributed by atoms with Crippen LogP contribution in [-0.4, -0.2) is 40.9 Å². The molecule has 7 heteroatoms. The fourth-order valence-corrected chi connectivity index (χ4v) is 3.41. The van der Waals surface area contributed by atoms with Crippen LogP contribution in [0.25, 0.3) is 0 Å². The molecule has 0 aliphatic carbocycles. The molecule has 144 valence electrons. The van der Waals surface area contributed by atoms with Crippen molar-refractivity contribution in [3.05, 3.63) is 78.0 Å². The van der Waals surface area contributed by atoms with Crippen LogP contribution in [-0.2, 0) is 4.79 Å². The fraction of sp³-hybridized carbons (Fsp3) is 0.182. The van der Waals surface area contributed by atoms with Crippen molar-refractivity contribution in [2.75, 3.05) is 30.4 Å². The van der Waals surface area contributed by atoms with Gasteiger partial charge in [-0.15, -0.1) is 0 Å². The molecule has 2 heterocycles. The largest absolute Gasteiger partial charge is 0.342 e. The number of benzene rings is 2. The maximum absolute atomic E-state index is 13.0. The highest BCUT2D eigenvalue weighted by atomic mass is 16.2. The number of rotatable bonds is 4. The van der Waals surface area contributed by atoms with Gasteiger partial charge in [-0.25, -0.2) is 4.98 Å². The van der Waals surface area contributed by atoms with Crippen molar-refractivity contribution >= 4 is 23.4 Å². The maximum atomic E-state index is 13.0. The molecular weight excluding hydrogens is 364 g/mol. The predicted octanol–water partition coefficient (Wildman–Crippen LogP) is 3.11. The Labute approximate surface area is 169 Å². The first-order valence-corrected chi connectivity index (χ1v) is 9.32. The number of hydrogen-bond donors (Lipinski definition) is 1. The van der Waals surface area contributed by atoms with Gasteiger partial charge < -0.3 is 15.1 Å². The molecular formula is C22H20N6O. The standard InChI is InChI=1S/C22H20N6O/c1-27-12-13-28(20(21(27)29)17-7-3-2-4-8-17)19-10-11-24-22(26-19)25-18-9-5-6-16(14-18)15-23/h2-11,14,20H,12-13H2,1H3,(H,24,25,26). The predicted molar refractivity (Wildman–Crippen MR) is 111 cm³/mol. The van der Waals surface area contributed by atoms with Crippen LogP contribution < -0.4 is 10.2 Å². The quantitative estimate of drug-likeness (QED) is 0.744. The van der Waals surface area contributed by atoms with Crippen molar-refractivity contribution in [1.29, 1.82) is 5.26 Å². The highest BCUT2D eigenvalue weighted by Crippen LogP contribution is 2.30.